The predicted molar refractivity (Wildman–Crippen MR) is 71.5 cm³/mol. The van der Waals surface area contributed by atoms with E-state index in [-0.39, 0.29) is 5.95 Å². The van der Waals surface area contributed by atoms with E-state index in [0.29, 0.717) is 12.4 Å². The molecular weight excluding hydrogens is 228 g/mol. The number of aryl methyl sites for hydroxylation is 1. The molecule has 0 saturated carbocycles. The Morgan fingerprint density at radius 3 is 2.78 bits per heavy atom. The molecule has 0 atom stereocenters. The first-order chi connectivity index (χ1) is 8.69. The largest absolute Gasteiger partial charge is 0.496 e. The number of ether oxygens (including phenoxy) is 1. The average molecular weight is 244 g/mol. The number of methoxy groups -OCH3 is 1. The summed E-state index contributed by atoms with van der Waals surface area (Å²) in [4.78, 5) is 8.14. The number of nitrogen functional groups attached to an aromatic ring is 1. The summed E-state index contributed by atoms with van der Waals surface area (Å²) in [6, 6.07) is 9.69. The molecule has 1 aromatic carbocycles. The van der Waals surface area contributed by atoms with E-state index in [0.717, 1.165) is 17.0 Å². The Labute approximate surface area is 106 Å². The molecule has 0 spiro atoms. The van der Waals surface area contributed by atoms with Crippen molar-refractivity contribution in [2.24, 2.45) is 0 Å². The molecule has 0 bridgehead atoms. The van der Waals surface area contributed by atoms with Crippen molar-refractivity contribution >= 4 is 11.8 Å². The standard InChI is InChI=1S/C13H16N4O/c1-9-7-12(17-13(14)16-9)15-8-10-5-3-4-6-11(10)18-2/h3-7H,8H2,1-2H3,(H3,14,15,16,17). The lowest BCUT2D eigenvalue weighted by atomic mass is 10.2. The molecule has 1 heterocycles. The number of nitrogens with one attached hydrogen (secondary N) is 1. The second-order valence-electron chi connectivity index (χ2n) is 3.92. The number of anilines is 2. The highest BCUT2D eigenvalue weighted by Crippen LogP contribution is 2.18. The van der Waals surface area contributed by atoms with Crippen molar-refractivity contribution in [2.45, 2.75) is 13.5 Å². The van der Waals surface area contributed by atoms with E-state index in [4.69, 9.17) is 10.5 Å². The van der Waals surface area contributed by atoms with E-state index in [1.54, 1.807) is 7.11 Å². The molecule has 2 rings (SSSR count). The van der Waals surface area contributed by atoms with E-state index in [2.05, 4.69) is 15.3 Å². The van der Waals surface area contributed by atoms with Gasteiger partial charge in [-0.25, -0.2) is 4.98 Å². The van der Waals surface area contributed by atoms with Gasteiger partial charge in [0.25, 0.3) is 0 Å². The van der Waals surface area contributed by atoms with Gasteiger partial charge in [0.2, 0.25) is 5.95 Å². The van der Waals surface area contributed by atoms with E-state index >= 15 is 0 Å². The fourth-order valence-corrected chi connectivity index (χ4v) is 1.72. The van der Waals surface area contributed by atoms with Crippen LogP contribution in [0, 0.1) is 6.92 Å². The van der Waals surface area contributed by atoms with E-state index < -0.39 is 0 Å². The number of rotatable bonds is 4. The monoisotopic (exact) mass is 244 g/mol. The van der Waals surface area contributed by atoms with Gasteiger partial charge in [-0.2, -0.15) is 4.98 Å². The summed E-state index contributed by atoms with van der Waals surface area (Å²) in [6.45, 7) is 2.51. The topological polar surface area (TPSA) is 73.1 Å². The van der Waals surface area contributed by atoms with Crippen LogP contribution in [0.15, 0.2) is 30.3 Å². The highest BCUT2D eigenvalue weighted by atomic mass is 16.5. The molecule has 3 N–H and O–H groups in total. The molecule has 94 valence electrons. The summed E-state index contributed by atoms with van der Waals surface area (Å²) in [5.74, 6) is 1.84. The number of benzene rings is 1. The minimum atomic E-state index is 0.275. The Hall–Kier alpha value is -2.30. The van der Waals surface area contributed by atoms with Gasteiger partial charge in [0.15, 0.2) is 0 Å². The number of para-hydroxylation sites is 1. The van der Waals surface area contributed by atoms with Gasteiger partial charge in [0.1, 0.15) is 11.6 Å². The van der Waals surface area contributed by atoms with Gasteiger partial charge >= 0.3 is 0 Å². The third-order valence-corrected chi connectivity index (χ3v) is 2.52. The highest BCUT2D eigenvalue weighted by Gasteiger charge is 2.03. The summed E-state index contributed by atoms with van der Waals surface area (Å²) in [5.41, 5.74) is 7.50. The van der Waals surface area contributed by atoms with Gasteiger partial charge in [0.05, 0.1) is 7.11 Å². The Bertz CT molecular complexity index is 522. The molecule has 0 saturated heterocycles. The lowest BCUT2D eigenvalue weighted by molar-refractivity contribution is 0.410. The van der Waals surface area contributed by atoms with Crippen molar-refractivity contribution in [1.29, 1.82) is 0 Å². The van der Waals surface area contributed by atoms with Crippen molar-refractivity contribution in [3.63, 3.8) is 0 Å². The fraction of sp³-hybridized carbons (Fsp3) is 0.231. The third kappa shape index (κ3) is 2.88. The molecule has 1 aromatic heterocycles. The van der Waals surface area contributed by atoms with Crippen LogP contribution in [0.3, 0.4) is 0 Å². The molecule has 18 heavy (non-hydrogen) atoms. The quantitative estimate of drug-likeness (QED) is 0.860. The Morgan fingerprint density at radius 1 is 1.28 bits per heavy atom. The molecular formula is C13H16N4O. The third-order valence-electron chi connectivity index (χ3n) is 2.52. The predicted octanol–water partition coefficient (Wildman–Crippen LogP) is 1.99. The molecule has 0 aliphatic rings. The van der Waals surface area contributed by atoms with Crippen LogP contribution < -0.4 is 15.8 Å². The molecule has 0 amide bonds. The van der Waals surface area contributed by atoms with Crippen molar-refractivity contribution < 1.29 is 4.74 Å². The van der Waals surface area contributed by atoms with Gasteiger partial charge in [-0.15, -0.1) is 0 Å². The minimum Gasteiger partial charge on any atom is -0.496 e. The second kappa shape index (κ2) is 5.35. The lowest BCUT2D eigenvalue weighted by Crippen LogP contribution is -2.06. The van der Waals surface area contributed by atoms with Crippen LogP contribution >= 0.6 is 0 Å². The van der Waals surface area contributed by atoms with Gasteiger partial charge in [-0.05, 0) is 13.0 Å². The van der Waals surface area contributed by atoms with Gasteiger partial charge in [0, 0.05) is 23.9 Å². The molecule has 2 aromatic rings. The van der Waals surface area contributed by atoms with Crippen molar-refractivity contribution in [2.75, 3.05) is 18.2 Å². The molecule has 0 radical (unpaired) electrons. The number of nitrogens with two attached hydrogens (primary N) is 1. The number of nitrogens with zero attached hydrogens (tertiary/aromatic N) is 2. The Kier molecular flexibility index (Phi) is 3.62. The molecule has 5 nitrogen and oxygen atoms in total. The summed E-state index contributed by atoms with van der Waals surface area (Å²) >= 11 is 0. The van der Waals surface area contributed by atoms with Crippen molar-refractivity contribution in [3.05, 3.63) is 41.6 Å². The maximum atomic E-state index is 5.60. The average Bonchev–Trinajstić information content (AvgIpc) is 2.35. The highest BCUT2D eigenvalue weighted by molar-refractivity contribution is 5.43. The maximum Gasteiger partial charge on any atom is 0.222 e. The summed E-state index contributed by atoms with van der Waals surface area (Å²) in [5, 5.41) is 3.21. The first kappa shape index (κ1) is 12.2. The smallest absolute Gasteiger partial charge is 0.222 e. The van der Waals surface area contributed by atoms with Crippen LogP contribution in [-0.2, 0) is 6.54 Å². The Morgan fingerprint density at radius 2 is 2.06 bits per heavy atom. The molecule has 0 unspecified atom stereocenters. The number of aromatic nitrogens is 2. The van der Waals surface area contributed by atoms with Crippen LogP contribution in [0.4, 0.5) is 11.8 Å². The summed E-state index contributed by atoms with van der Waals surface area (Å²) in [7, 11) is 1.66. The van der Waals surface area contributed by atoms with Crippen LogP contribution in [0.5, 0.6) is 5.75 Å². The zero-order valence-electron chi connectivity index (χ0n) is 10.5. The fourth-order valence-electron chi connectivity index (χ4n) is 1.72. The van der Waals surface area contributed by atoms with E-state index in [1.807, 2.05) is 37.3 Å². The van der Waals surface area contributed by atoms with Crippen LogP contribution in [-0.4, -0.2) is 17.1 Å². The second-order valence-corrected chi connectivity index (χ2v) is 3.92. The SMILES string of the molecule is COc1ccccc1CNc1cc(C)nc(N)n1. The first-order valence-corrected chi connectivity index (χ1v) is 5.66. The van der Waals surface area contributed by atoms with Gasteiger partial charge < -0.3 is 15.8 Å². The maximum absolute atomic E-state index is 5.60. The molecule has 0 fully saturated rings. The van der Waals surface area contributed by atoms with E-state index in [9.17, 15) is 0 Å². The Balaban J connectivity index is 2.11. The molecule has 0 aliphatic heterocycles. The lowest BCUT2D eigenvalue weighted by Gasteiger charge is -2.10. The van der Waals surface area contributed by atoms with Crippen molar-refractivity contribution in [1.82, 2.24) is 9.97 Å². The van der Waals surface area contributed by atoms with Gasteiger partial charge in [-0.3, -0.25) is 0 Å². The molecule has 0 aliphatic carbocycles. The number of hydrogen-bond acceptors (Lipinski definition) is 5. The minimum absolute atomic E-state index is 0.275. The van der Waals surface area contributed by atoms with Gasteiger partial charge in [-0.1, -0.05) is 18.2 Å². The van der Waals surface area contributed by atoms with Crippen LogP contribution in [0.25, 0.3) is 0 Å². The summed E-state index contributed by atoms with van der Waals surface area (Å²) < 4.78 is 5.28. The summed E-state index contributed by atoms with van der Waals surface area (Å²) in [6.07, 6.45) is 0. The van der Waals surface area contributed by atoms with E-state index in [1.165, 1.54) is 0 Å². The van der Waals surface area contributed by atoms with Crippen LogP contribution in [0.2, 0.25) is 0 Å². The first-order valence-electron chi connectivity index (χ1n) is 5.66. The zero-order chi connectivity index (χ0) is 13.0. The number of hydrogen-bond donors (Lipinski definition) is 2. The molecule has 5 heteroatoms. The van der Waals surface area contributed by atoms with Crippen LogP contribution in [0.1, 0.15) is 11.3 Å². The van der Waals surface area contributed by atoms with Crippen molar-refractivity contribution in [3.8, 4) is 5.75 Å². The zero-order valence-corrected chi connectivity index (χ0v) is 10.5. The normalized spacial score (nSPS) is 10.1.